The van der Waals surface area contributed by atoms with E-state index in [2.05, 4.69) is 4.72 Å². The minimum Gasteiger partial charge on any atom is -0.489 e. The van der Waals surface area contributed by atoms with E-state index in [9.17, 15) is 8.42 Å². The first-order chi connectivity index (χ1) is 10.9. The van der Waals surface area contributed by atoms with Gasteiger partial charge in [-0.3, -0.25) is 0 Å². The second-order valence-corrected chi connectivity index (χ2v) is 7.77. The van der Waals surface area contributed by atoms with E-state index in [4.69, 9.17) is 26.8 Å². The molecule has 1 heterocycles. The van der Waals surface area contributed by atoms with E-state index in [1.165, 1.54) is 6.07 Å². The summed E-state index contributed by atoms with van der Waals surface area (Å²) in [6.07, 6.45) is 3.05. The Bertz CT molecular complexity index is 622. The third-order valence-electron chi connectivity index (χ3n) is 3.60. The highest BCUT2D eigenvalue weighted by molar-refractivity contribution is 7.89. The van der Waals surface area contributed by atoms with Gasteiger partial charge in [0, 0.05) is 24.2 Å². The molecule has 1 fully saturated rings. The fourth-order valence-electron chi connectivity index (χ4n) is 2.31. The summed E-state index contributed by atoms with van der Waals surface area (Å²) in [5.41, 5.74) is 5.48. The van der Waals surface area contributed by atoms with Gasteiger partial charge in [0.2, 0.25) is 10.0 Å². The van der Waals surface area contributed by atoms with Crippen molar-refractivity contribution in [1.82, 2.24) is 4.72 Å². The maximum Gasteiger partial charge on any atom is 0.244 e. The second kappa shape index (κ2) is 9.79. The van der Waals surface area contributed by atoms with Crippen molar-refractivity contribution in [1.29, 1.82) is 0 Å². The molecule has 0 amide bonds. The summed E-state index contributed by atoms with van der Waals surface area (Å²) in [6.45, 7) is 2.93. The van der Waals surface area contributed by atoms with Crippen LogP contribution < -0.4 is 15.2 Å². The van der Waals surface area contributed by atoms with E-state index in [1.54, 1.807) is 19.1 Å². The lowest BCUT2D eigenvalue weighted by atomic mass is 10.1. The molecule has 1 unspecified atom stereocenters. The molecule has 2 rings (SSSR count). The van der Waals surface area contributed by atoms with Gasteiger partial charge in [-0.15, -0.1) is 12.4 Å². The highest BCUT2D eigenvalue weighted by Crippen LogP contribution is 2.28. The Morgan fingerprint density at radius 2 is 2.21 bits per heavy atom. The zero-order chi connectivity index (χ0) is 16.9. The molecule has 0 bridgehead atoms. The van der Waals surface area contributed by atoms with Gasteiger partial charge >= 0.3 is 0 Å². The molecule has 6 nitrogen and oxygen atoms in total. The molecule has 1 aliphatic rings. The number of hydrogen-bond donors (Lipinski definition) is 2. The fraction of sp³-hybridized carbons (Fsp3) is 0.600. The maximum absolute atomic E-state index is 12.5. The van der Waals surface area contributed by atoms with Crippen molar-refractivity contribution >= 4 is 34.0 Å². The highest BCUT2D eigenvalue weighted by atomic mass is 35.5. The Balaban J connectivity index is 0.00000288. The Morgan fingerprint density at radius 1 is 1.46 bits per heavy atom. The van der Waals surface area contributed by atoms with Crippen molar-refractivity contribution < 1.29 is 17.9 Å². The summed E-state index contributed by atoms with van der Waals surface area (Å²) in [5.74, 6) is 0.264. The average molecular weight is 399 g/mol. The Hall–Kier alpha value is -0.570. The maximum atomic E-state index is 12.5. The minimum absolute atomic E-state index is 0. The zero-order valence-corrected chi connectivity index (χ0v) is 15.9. The lowest BCUT2D eigenvalue weighted by Crippen LogP contribution is -2.38. The van der Waals surface area contributed by atoms with Gasteiger partial charge in [0.05, 0.1) is 6.10 Å². The summed E-state index contributed by atoms with van der Waals surface area (Å²) >= 11 is 5.94. The van der Waals surface area contributed by atoms with E-state index in [-0.39, 0.29) is 41.7 Å². The predicted molar refractivity (Wildman–Crippen MR) is 96.6 cm³/mol. The topological polar surface area (TPSA) is 90.7 Å². The van der Waals surface area contributed by atoms with Crippen LogP contribution >= 0.6 is 24.0 Å². The molecular weight excluding hydrogens is 375 g/mol. The number of sulfonamides is 1. The van der Waals surface area contributed by atoms with Gasteiger partial charge in [0.1, 0.15) is 17.3 Å². The van der Waals surface area contributed by atoms with Crippen LogP contribution in [0.5, 0.6) is 5.75 Å². The van der Waals surface area contributed by atoms with Gasteiger partial charge in [-0.25, -0.2) is 13.1 Å². The fourth-order valence-corrected chi connectivity index (χ4v) is 3.97. The summed E-state index contributed by atoms with van der Waals surface area (Å²) in [6, 6.07) is 4.16. The lowest BCUT2D eigenvalue weighted by Gasteiger charge is -2.23. The third kappa shape index (κ3) is 6.06. The van der Waals surface area contributed by atoms with E-state index >= 15 is 0 Å². The Kier molecular flexibility index (Phi) is 8.76. The van der Waals surface area contributed by atoms with Crippen LogP contribution in [0.2, 0.25) is 5.02 Å². The Labute approximate surface area is 154 Å². The molecule has 1 saturated heterocycles. The van der Waals surface area contributed by atoms with Crippen LogP contribution in [0.25, 0.3) is 0 Å². The van der Waals surface area contributed by atoms with Crippen LogP contribution in [0.15, 0.2) is 23.1 Å². The molecule has 2 atom stereocenters. The number of rotatable bonds is 7. The molecule has 0 radical (unpaired) electrons. The number of nitrogens with two attached hydrogens (primary N) is 1. The monoisotopic (exact) mass is 398 g/mol. The molecule has 0 saturated carbocycles. The van der Waals surface area contributed by atoms with Crippen molar-refractivity contribution in [3.8, 4) is 5.75 Å². The standard InChI is InChI=1S/C15H23ClN2O4S.ClH/c1-11(9-17)18-23(19,20)15-8-12(16)5-6-14(15)22-10-13-4-2-3-7-21-13;/h5-6,8,11,13,18H,2-4,7,9-10,17H2,1H3;1H/t11-,13?;/m0./s1. The molecule has 0 aromatic heterocycles. The summed E-state index contributed by atoms with van der Waals surface area (Å²) < 4.78 is 38.8. The van der Waals surface area contributed by atoms with Crippen LogP contribution in [0.4, 0.5) is 0 Å². The largest absolute Gasteiger partial charge is 0.489 e. The summed E-state index contributed by atoms with van der Waals surface area (Å²) in [7, 11) is -3.76. The summed E-state index contributed by atoms with van der Waals surface area (Å²) in [5, 5.41) is 0.326. The lowest BCUT2D eigenvalue weighted by molar-refractivity contribution is -0.0116. The van der Waals surface area contributed by atoms with Gasteiger partial charge in [0.15, 0.2) is 0 Å². The van der Waals surface area contributed by atoms with Crippen LogP contribution in [-0.2, 0) is 14.8 Å². The molecule has 1 aromatic carbocycles. The van der Waals surface area contributed by atoms with Gasteiger partial charge in [-0.05, 0) is 44.4 Å². The first-order valence-electron chi connectivity index (χ1n) is 7.68. The number of ether oxygens (including phenoxy) is 2. The molecule has 24 heavy (non-hydrogen) atoms. The van der Waals surface area contributed by atoms with Crippen LogP contribution in [-0.4, -0.2) is 40.3 Å². The molecule has 9 heteroatoms. The van der Waals surface area contributed by atoms with Crippen molar-refractivity contribution in [2.45, 2.75) is 43.2 Å². The van der Waals surface area contributed by atoms with Crippen molar-refractivity contribution in [3.63, 3.8) is 0 Å². The molecule has 0 spiro atoms. The third-order valence-corrected chi connectivity index (χ3v) is 5.45. The van der Waals surface area contributed by atoms with Crippen molar-refractivity contribution in [2.24, 2.45) is 5.73 Å². The highest BCUT2D eigenvalue weighted by Gasteiger charge is 2.23. The number of hydrogen-bond acceptors (Lipinski definition) is 5. The molecule has 1 aromatic rings. The van der Waals surface area contributed by atoms with E-state index < -0.39 is 10.0 Å². The van der Waals surface area contributed by atoms with Crippen LogP contribution in [0, 0.1) is 0 Å². The van der Waals surface area contributed by atoms with Gasteiger partial charge in [0.25, 0.3) is 0 Å². The van der Waals surface area contributed by atoms with Gasteiger partial charge in [-0.2, -0.15) is 0 Å². The molecule has 3 N–H and O–H groups in total. The predicted octanol–water partition coefficient (Wildman–Crippen LogP) is 2.34. The van der Waals surface area contributed by atoms with Gasteiger partial charge < -0.3 is 15.2 Å². The van der Waals surface area contributed by atoms with E-state index in [0.29, 0.717) is 11.6 Å². The average Bonchev–Trinajstić information content (AvgIpc) is 2.54. The molecule has 0 aliphatic carbocycles. The number of benzene rings is 1. The Morgan fingerprint density at radius 3 is 2.83 bits per heavy atom. The molecule has 138 valence electrons. The van der Waals surface area contributed by atoms with Crippen molar-refractivity contribution in [3.05, 3.63) is 23.2 Å². The minimum atomic E-state index is -3.76. The smallest absolute Gasteiger partial charge is 0.244 e. The second-order valence-electron chi connectivity index (χ2n) is 5.65. The van der Waals surface area contributed by atoms with Crippen LogP contribution in [0.3, 0.4) is 0 Å². The zero-order valence-electron chi connectivity index (χ0n) is 13.5. The number of halogens is 2. The van der Waals surface area contributed by atoms with Crippen molar-refractivity contribution in [2.75, 3.05) is 19.8 Å². The summed E-state index contributed by atoms with van der Waals surface area (Å²) in [4.78, 5) is 0.0149. The molecule has 1 aliphatic heterocycles. The first kappa shape index (κ1) is 21.5. The van der Waals surface area contributed by atoms with Gasteiger partial charge in [-0.1, -0.05) is 11.6 Å². The van der Waals surface area contributed by atoms with Crippen LogP contribution in [0.1, 0.15) is 26.2 Å². The first-order valence-corrected chi connectivity index (χ1v) is 9.55. The number of nitrogens with one attached hydrogen (secondary N) is 1. The quantitative estimate of drug-likeness (QED) is 0.735. The van der Waals surface area contributed by atoms with E-state index in [0.717, 1.165) is 25.9 Å². The molecular formula is C15H24Cl2N2O4S. The normalized spacial score (nSPS) is 19.4. The SMILES string of the molecule is C[C@@H](CN)NS(=O)(=O)c1cc(Cl)ccc1OCC1CCCCO1.Cl. The van der Waals surface area contributed by atoms with E-state index in [1.807, 2.05) is 0 Å².